The summed E-state index contributed by atoms with van der Waals surface area (Å²) >= 11 is 12.1. The van der Waals surface area contributed by atoms with Crippen LogP contribution in [-0.2, 0) is 12.8 Å². The van der Waals surface area contributed by atoms with Gasteiger partial charge in [0.2, 0.25) is 0 Å². The number of fused-ring (bicyclic) bond motifs is 1. The summed E-state index contributed by atoms with van der Waals surface area (Å²) in [5.74, 6) is 0.291. The lowest BCUT2D eigenvalue weighted by molar-refractivity contribution is 0.670. The van der Waals surface area contributed by atoms with Crippen molar-refractivity contribution in [1.82, 2.24) is 4.98 Å². The molecule has 0 atom stereocenters. The van der Waals surface area contributed by atoms with Crippen molar-refractivity contribution in [3.8, 4) is 17.2 Å². The lowest BCUT2D eigenvalue weighted by Crippen LogP contribution is -2.11. The highest BCUT2D eigenvalue weighted by molar-refractivity contribution is 6.42. The van der Waals surface area contributed by atoms with E-state index in [9.17, 15) is 5.26 Å². The van der Waals surface area contributed by atoms with Crippen molar-refractivity contribution in [2.75, 3.05) is 5.73 Å². The Labute approximate surface area is 133 Å². The highest BCUT2D eigenvalue weighted by Crippen LogP contribution is 2.37. The summed E-state index contributed by atoms with van der Waals surface area (Å²) in [6.07, 6.45) is 4.01. The summed E-state index contributed by atoms with van der Waals surface area (Å²) in [6.45, 7) is 0. The van der Waals surface area contributed by atoms with Gasteiger partial charge in [-0.1, -0.05) is 29.3 Å². The molecular formula is C16H13Cl2N3. The number of anilines is 1. The van der Waals surface area contributed by atoms with E-state index in [1.807, 2.05) is 6.07 Å². The van der Waals surface area contributed by atoms with E-state index in [0.29, 0.717) is 21.4 Å². The predicted octanol–water partition coefficient (Wildman–Crippen LogP) is 4.39. The van der Waals surface area contributed by atoms with Crippen LogP contribution >= 0.6 is 23.2 Å². The Hall–Kier alpha value is -1.76. The Balaban J connectivity index is 2.31. The lowest BCUT2D eigenvalue weighted by atomic mass is 9.86. The van der Waals surface area contributed by atoms with Crippen molar-refractivity contribution in [2.45, 2.75) is 25.7 Å². The maximum Gasteiger partial charge on any atom is 0.142 e. The number of benzene rings is 1. The third kappa shape index (κ3) is 2.46. The van der Waals surface area contributed by atoms with Crippen LogP contribution in [0.15, 0.2) is 18.2 Å². The van der Waals surface area contributed by atoms with Crippen molar-refractivity contribution in [2.24, 2.45) is 0 Å². The number of rotatable bonds is 1. The molecule has 3 nitrogen and oxygen atoms in total. The van der Waals surface area contributed by atoms with Gasteiger partial charge in [-0.15, -0.1) is 0 Å². The number of nitrogens with two attached hydrogens (primary N) is 1. The molecule has 0 amide bonds. The summed E-state index contributed by atoms with van der Waals surface area (Å²) in [7, 11) is 0. The third-order valence-electron chi connectivity index (χ3n) is 3.82. The predicted molar refractivity (Wildman–Crippen MR) is 85.5 cm³/mol. The number of hydrogen-bond acceptors (Lipinski definition) is 3. The number of nitrogens with zero attached hydrogens (tertiary/aromatic N) is 2. The van der Waals surface area contributed by atoms with Crippen LogP contribution in [0.25, 0.3) is 11.1 Å². The topological polar surface area (TPSA) is 62.7 Å². The molecule has 0 bridgehead atoms. The van der Waals surface area contributed by atoms with E-state index >= 15 is 0 Å². The molecule has 1 aromatic heterocycles. The van der Waals surface area contributed by atoms with Gasteiger partial charge < -0.3 is 5.73 Å². The fraction of sp³-hybridized carbons (Fsp3) is 0.250. The second-order valence-electron chi connectivity index (χ2n) is 5.12. The molecule has 0 fully saturated rings. The van der Waals surface area contributed by atoms with E-state index in [2.05, 4.69) is 11.1 Å². The molecule has 1 aliphatic rings. The summed E-state index contributed by atoms with van der Waals surface area (Å²) in [5.41, 5.74) is 10.2. The molecular weight excluding hydrogens is 305 g/mol. The van der Waals surface area contributed by atoms with E-state index in [4.69, 9.17) is 28.9 Å². The Morgan fingerprint density at radius 1 is 1.14 bits per heavy atom. The first-order valence-corrected chi connectivity index (χ1v) is 7.54. The number of aryl methyl sites for hydroxylation is 1. The molecule has 3 rings (SSSR count). The number of hydrogen-bond donors (Lipinski definition) is 1. The molecule has 21 heavy (non-hydrogen) atoms. The third-order valence-corrected chi connectivity index (χ3v) is 4.56. The largest absolute Gasteiger partial charge is 0.383 e. The number of pyridine rings is 1. The van der Waals surface area contributed by atoms with Crippen LogP contribution in [0, 0.1) is 11.3 Å². The number of nitriles is 1. The van der Waals surface area contributed by atoms with E-state index in [-0.39, 0.29) is 0 Å². The minimum absolute atomic E-state index is 0.291. The van der Waals surface area contributed by atoms with Crippen LogP contribution in [-0.4, -0.2) is 4.98 Å². The first-order valence-electron chi connectivity index (χ1n) is 6.78. The fourth-order valence-electron chi connectivity index (χ4n) is 2.85. The number of aromatic nitrogens is 1. The van der Waals surface area contributed by atoms with Crippen molar-refractivity contribution >= 4 is 29.0 Å². The maximum absolute atomic E-state index is 9.46. The van der Waals surface area contributed by atoms with Crippen molar-refractivity contribution < 1.29 is 0 Å². The molecule has 1 aliphatic carbocycles. The van der Waals surface area contributed by atoms with Gasteiger partial charge in [-0.25, -0.2) is 4.98 Å². The van der Waals surface area contributed by atoms with Gasteiger partial charge in [0.1, 0.15) is 17.5 Å². The van der Waals surface area contributed by atoms with Gasteiger partial charge in [0, 0.05) is 11.3 Å². The van der Waals surface area contributed by atoms with Crippen LogP contribution in [0.3, 0.4) is 0 Å². The first-order chi connectivity index (χ1) is 10.1. The minimum atomic E-state index is 0.291. The molecule has 2 aromatic rings. The lowest BCUT2D eigenvalue weighted by Gasteiger charge is -2.21. The first kappa shape index (κ1) is 14.2. The van der Waals surface area contributed by atoms with Crippen LogP contribution in [0.1, 0.15) is 29.7 Å². The molecule has 0 saturated carbocycles. The zero-order valence-electron chi connectivity index (χ0n) is 11.3. The van der Waals surface area contributed by atoms with Gasteiger partial charge in [-0.3, -0.25) is 0 Å². The second kappa shape index (κ2) is 5.55. The van der Waals surface area contributed by atoms with Gasteiger partial charge in [0.05, 0.1) is 10.0 Å². The zero-order chi connectivity index (χ0) is 15.0. The Bertz CT molecular complexity index is 763. The summed E-state index contributed by atoms with van der Waals surface area (Å²) in [4.78, 5) is 4.41. The fourth-order valence-corrected chi connectivity index (χ4v) is 3.14. The Morgan fingerprint density at radius 2 is 1.90 bits per heavy atom. The highest BCUT2D eigenvalue weighted by atomic mass is 35.5. The van der Waals surface area contributed by atoms with Crippen LogP contribution < -0.4 is 5.73 Å². The molecule has 1 heterocycles. The molecule has 1 aromatic carbocycles. The molecule has 0 aliphatic heterocycles. The van der Waals surface area contributed by atoms with Crippen molar-refractivity contribution in [3.05, 3.63) is 45.1 Å². The summed E-state index contributed by atoms with van der Waals surface area (Å²) < 4.78 is 0. The zero-order valence-corrected chi connectivity index (χ0v) is 12.8. The van der Waals surface area contributed by atoms with E-state index in [1.54, 1.807) is 12.1 Å². The molecule has 0 saturated heterocycles. The van der Waals surface area contributed by atoms with Gasteiger partial charge in [-0.05, 0) is 48.9 Å². The van der Waals surface area contributed by atoms with E-state index in [0.717, 1.165) is 48.1 Å². The van der Waals surface area contributed by atoms with Crippen LogP contribution in [0.4, 0.5) is 5.82 Å². The van der Waals surface area contributed by atoms with Gasteiger partial charge in [-0.2, -0.15) is 5.26 Å². The van der Waals surface area contributed by atoms with Gasteiger partial charge in [0.15, 0.2) is 0 Å². The summed E-state index contributed by atoms with van der Waals surface area (Å²) in [5, 5.41) is 10.4. The number of nitrogen functional groups attached to an aromatic ring is 1. The normalized spacial score (nSPS) is 13.6. The summed E-state index contributed by atoms with van der Waals surface area (Å²) in [6, 6.07) is 7.59. The molecule has 106 valence electrons. The van der Waals surface area contributed by atoms with Gasteiger partial charge in [0.25, 0.3) is 0 Å². The van der Waals surface area contributed by atoms with E-state index in [1.165, 1.54) is 0 Å². The highest BCUT2D eigenvalue weighted by Gasteiger charge is 2.22. The van der Waals surface area contributed by atoms with Gasteiger partial charge >= 0.3 is 0 Å². The molecule has 2 N–H and O–H groups in total. The second-order valence-corrected chi connectivity index (χ2v) is 5.93. The Morgan fingerprint density at radius 3 is 2.62 bits per heavy atom. The quantitative estimate of drug-likeness (QED) is 0.848. The standard InChI is InChI=1S/C16H13Cl2N3/c17-12-6-5-9(7-13(12)18)15-10-3-1-2-4-14(10)21-16(20)11(15)8-19/h5-7H,1-4H2,(H2,20,21). The molecule has 5 heteroatoms. The SMILES string of the molecule is N#Cc1c(N)nc2c(c1-c1ccc(Cl)c(Cl)c1)CCCC2. The van der Waals surface area contributed by atoms with E-state index < -0.39 is 0 Å². The van der Waals surface area contributed by atoms with Crippen molar-refractivity contribution in [3.63, 3.8) is 0 Å². The molecule has 0 unspecified atom stereocenters. The van der Waals surface area contributed by atoms with Crippen LogP contribution in [0.5, 0.6) is 0 Å². The monoisotopic (exact) mass is 317 g/mol. The van der Waals surface area contributed by atoms with Crippen LogP contribution in [0.2, 0.25) is 10.0 Å². The Kier molecular flexibility index (Phi) is 3.75. The van der Waals surface area contributed by atoms with Crippen molar-refractivity contribution in [1.29, 1.82) is 5.26 Å². The average molecular weight is 318 g/mol. The molecule has 0 spiro atoms. The molecule has 0 radical (unpaired) electrons. The maximum atomic E-state index is 9.46. The minimum Gasteiger partial charge on any atom is -0.383 e. The smallest absolute Gasteiger partial charge is 0.142 e. The average Bonchev–Trinajstić information content (AvgIpc) is 2.48. The number of halogens is 2.